The van der Waals surface area contributed by atoms with Gasteiger partial charge in [-0.05, 0) is 146 Å². The summed E-state index contributed by atoms with van der Waals surface area (Å²) < 4.78 is 27.1. The van der Waals surface area contributed by atoms with Gasteiger partial charge in [-0.15, -0.1) is 52.6 Å². The maximum atomic E-state index is 7.79. The van der Waals surface area contributed by atoms with Crippen LogP contribution in [0.3, 0.4) is 0 Å². The van der Waals surface area contributed by atoms with Gasteiger partial charge < -0.3 is 16.5 Å². The highest BCUT2D eigenvalue weighted by Crippen LogP contribution is 2.33. The van der Waals surface area contributed by atoms with Crippen LogP contribution in [0.4, 0.5) is 0 Å². The average molecular weight is 1160 g/mol. The number of allylic oxidation sites excluding steroid dienone is 8. The maximum Gasteiger partial charge on any atom is 0.249 e. The molecule has 0 atom stereocenters. The van der Waals surface area contributed by atoms with Crippen molar-refractivity contribution in [1.29, 1.82) is 0 Å². The third kappa shape index (κ3) is 23.4. The van der Waals surface area contributed by atoms with Crippen molar-refractivity contribution in [1.82, 2.24) is 0 Å². The lowest BCUT2D eigenvalue weighted by atomic mass is 10.4. The zero-order chi connectivity index (χ0) is 57.4. The minimum absolute atomic E-state index is 0.798. The summed E-state index contributed by atoms with van der Waals surface area (Å²) in [5.41, 5.74) is 0. The predicted octanol–water partition coefficient (Wildman–Crippen LogP) is 17.8. The van der Waals surface area contributed by atoms with Gasteiger partial charge in [-0.2, -0.15) is 0 Å². The number of benzene rings is 4. The van der Waals surface area contributed by atoms with Crippen molar-refractivity contribution in [2.75, 3.05) is 0 Å². The molecule has 0 aliphatic heterocycles. The summed E-state index contributed by atoms with van der Waals surface area (Å²) in [5, 5.41) is 5.07. The summed E-state index contributed by atoms with van der Waals surface area (Å²) in [6.07, 6.45) is 16.1. The van der Waals surface area contributed by atoms with Gasteiger partial charge in [0, 0.05) is 0 Å². The summed E-state index contributed by atoms with van der Waals surface area (Å²) in [7, 11) is -14.4. The predicted molar refractivity (Wildman–Crippen MR) is 364 cm³/mol. The second-order valence-electron chi connectivity index (χ2n) is 22.3. The summed E-state index contributed by atoms with van der Waals surface area (Å²) in [4.78, 5) is 0. The Kier molecular flexibility index (Phi) is 32.5. The summed E-state index contributed by atoms with van der Waals surface area (Å²) >= 11 is 0. The Morgan fingerprint density at radius 1 is 0.276 bits per heavy atom. The number of rotatable bonds is 32. The van der Waals surface area contributed by atoms with Gasteiger partial charge in [-0.25, -0.2) is 0 Å². The summed E-state index contributed by atoms with van der Waals surface area (Å²) in [5.74, 6) is 0. The van der Waals surface area contributed by atoms with Crippen molar-refractivity contribution in [2.24, 2.45) is 0 Å². The third-order valence-corrected chi connectivity index (χ3v) is 48.1. The van der Waals surface area contributed by atoms with Crippen molar-refractivity contribution in [3.63, 3.8) is 0 Å². The molecule has 0 fully saturated rings. The van der Waals surface area contributed by atoms with Crippen molar-refractivity contribution < 1.29 is 16.5 Å². The molecule has 4 aromatic rings. The molecule has 0 aliphatic rings. The molecule has 0 unspecified atom stereocenters. The molecule has 4 aromatic carbocycles. The minimum Gasteiger partial charge on any atom is -0.455 e. The van der Waals surface area contributed by atoms with Crippen LogP contribution in [0.5, 0.6) is 0 Å². The second-order valence-corrected chi connectivity index (χ2v) is 56.1. The van der Waals surface area contributed by atoms with E-state index >= 15 is 0 Å². The zero-order valence-electron chi connectivity index (χ0n) is 49.9. The van der Waals surface area contributed by atoms with Gasteiger partial charge in [0.25, 0.3) is 0 Å². The van der Waals surface area contributed by atoms with Gasteiger partial charge in [-0.1, -0.05) is 198 Å². The van der Waals surface area contributed by atoms with Crippen LogP contribution in [-0.2, 0) is 16.5 Å². The van der Waals surface area contributed by atoms with Crippen molar-refractivity contribution in [3.05, 3.63) is 223 Å². The molecule has 4 nitrogen and oxygen atoms in total. The Morgan fingerprint density at radius 2 is 0.474 bits per heavy atom. The van der Waals surface area contributed by atoms with E-state index in [-0.39, 0.29) is 0 Å². The first-order valence-electron chi connectivity index (χ1n) is 27.9. The minimum atomic E-state index is -2.69. The summed E-state index contributed by atoms with van der Waals surface area (Å²) in [6, 6.07) is 55.9. The fourth-order valence-electron chi connectivity index (χ4n) is 10.1. The molecule has 12 heteroatoms. The second kappa shape index (κ2) is 35.1. The van der Waals surface area contributed by atoms with E-state index in [0.717, 1.165) is 48.4 Å². The van der Waals surface area contributed by atoms with Crippen LogP contribution in [0.1, 0.15) is 27.7 Å². The van der Waals surface area contributed by atoms with E-state index in [9.17, 15) is 0 Å². The first kappa shape index (κ1) is 70.4. The molecule has 0 saturated heterocycles. The molecule has 0 saturated carbocycles. The molecule has 0 radical (unpaired) electrons. The lowest BCUT2D eigenvalue weighted by molar-refractivity contribution is 0.515. The lowest BCUT2D eigenvalue weighted by Gasteiger charge is -2.43. The summed E-state index contributed by atoms with van der Waals surface area (Å²) in [6.45, 7) is 58.5. The monoisotopic (exact) mass is 1160 g/mol. The molecule has 0 amide bonds. The lowest BCUT2D eigenvalue weighted by Crippen LogP contribution is -2.72. The van der Waals surface area contributed by atoms with E-state index in [1.807, 2.05) is 36.5 Å². The molecule has 76 heavy (non-hydrogen) atoms. The van der Waals surface area contributed by atoms with Crippen LogP contribution in [0.2, 0.25) is 125 Å². The molecule has 0 spiro atoms. The van der Waals surface area contributed by atoms with E-state index in [0.29, 0.717) is 0 Å². The quantitative estimate of drug-likeness (QED) is 0.0361. The molecule has 0 aromatic heterocycles. The van der Waals surface area contributed by atoms with Crippen molar-refractivity contribution in [2.45, 2.75) is 153 Å². The van der Waals surface area contributed by atoms with Gasteiger partial charge in [0.15, 0.2) is 49.9 Å². The molecule has 0 N–H and O–H groups in total. The molecular weight excluding hydrogens is 1060 g/mol. The Hall–Kier alpha value is -3.62. The fraction of sp³-hybridized carbons (Fsp3) is 0.375. The maximum absolute atomic E-state index is 7.79. The van der Waals surface area contributed by atoms with Crippen LogP contribution < -0.4 is 20.7 Å². The first-order chi connectivity index (χ1) is 36.0. The molecule has 0 aliphatic carbocycles. The van der Waals surface area contributed by atoms with E-state index in [2.05, 4.69) is 266 Å². The van der Waals surface area contributed by atoms with Crippen LogP contribution in [0.15, 0.2) is 223 Å². The van der Waals surface area contributed by atoms with Crippen LogP contribution in [-0.4, -0.2) is 66.5 Å². The average Bonchev–Trinajstić information content (AvgIpc) is 3.38. The number of hydrogen-bond acceptors (Lipinski definition) is 4. The highest BCUT2D eigenvalue weighted by molar-refractivity contribution is 7.09. The van der Waals surface area contributed by atoms with Gasteiger partial charge in [0.05, 0.1) is 0 Å². The Morgan fingerprint density at radius 3 is 0.645 bits per heavy atom. The van der Waals surface area contributed by atoms with Crippen LogP contribution in [0.25, 0.3) is 0 Å². The Balaban J connectivity index is 0.000000566. The molecule has 0 heterocycles. The normalized spacial score (nSPS) is 12.2. The van der Waals surface area contributed by atoms with Gasteiger partial charge >= 0.3 is 0 Å². The van der Waals surface area contributed by atoms with Crippen molar-refractivity contribution in [3.8, 4) is 0 Å². The molecular formula is C64H104O4Si8. The number of hydrogen-bond donors (Lipinski definition) is 0. The van der Waals surface area contributed by atoms with E-state index in [1.54, 1.807) is 0 Å². The van der Waals surface area contributed by atoms with E-state index < -0.39 is 66.5 Å². The first-order valence-corrected chi connectivity index (χ1v) is 49.6. The van der Waals surface area contributed by atoms with E-state index in [1.165, 1.54) is 44.9 Å². The Bertz CT molecular complexity index is 2010. The Labute approximate surface area is 475 Å². The fourth-order valence-corrected chi connectivity index (χ4v) is 46.4. The van der Waals surface area contributed by atoms with E-state index in [4.69, 9.17) is 16.5 Å². The molecule has 416 valence electrons. The highest BCUT2D eigenvalue weighted by atomic mass is 28.4. The topological polar surface area (TPSA) is 36.9 Å². The standard InChI is InChI=1S/C30H30OSi2.C14H30OSi2.2C10H22OSi2/c1-3-25-32(27-17-9-5-10-18-27,28-19-11-6-12-20-28)31-33(26-4-2,29-21-13-7-14-22-29)30-23-15-8-16-24-30;1-7-13-16(9-3,10-4)15-17(11-5,12-6)14-8-2;2*1-7-9-12(3,4)11-13(5,6)10-8-2/h3-24H,1-2,25-26H2;7-8H,1-2,9-14H2,3-6H3;2*7-8H,1-2,9-10H2,3-6H3. The van der Waals surface area contributed by atoms with Crippen LogP contribution >= 0.6 is 0 Å². The smallest absolute Gasteiger partial charge is 0.249 e. The SMILES string of the molecule is C=CC[Si](C)(C)O[Si](C)(C)CC=C.C=CC[Si](C)(C)O[Si](C)(C)CC=C.C=CC[Si](CC)(CC)O[Si](CC)(CC)CC=C.C=CC[Si](O[Si](CC=C)(c1ccccc1)c1ccccc1)(c1ccccc1)c1ccccc1. The molecule has 0 bridgehead atoms. The molecule has 4 rings (SSSR count). The van der Waals surface area contributed by atoms with Crippen molar-refractivity contribution >= 4 is 87.3 Å². The van der Waals surface area contributed by atoms with Gasteiger partial charge in [0.2, 0.25) is 16.6 Å². The third-order valence-electron chi connectivity index (χ3n) is 13.9. The van der Waals surface area contributed by atoms with Gasteiger partial charge in [-0.3, -0.25) is 0 Å². The zero-order valence-corrected chi connectivity index (χ0v) is 57.9. The van der Waals surface area contributed by atoms with Gasteiger partial charge in [0.1, 0.15) is 0 Å². The largest absolute Gasteiger partial charge is 0.455 e. The van der Waals surface area contributed by atoms with Crippen LogP contribution in [0, 0.1) is 0 Å². The highest BCUT2D eigenvalue weighted by Gasteiger charge is 2.49.